The summed E-state index contributed by atoms with van der Waals surface area (Å²) in [6.45, 7) is 0. The second kappa shape index (κ2) is 7.99. The van der Waals surface area contributed by atoms with Crippen LogP contribution < -0.4 is 0 Å². The van der Waals surface area contributed by atoms with Gasteiger partial charge in [0.2, 0.25) is 0 Å². The van der Waals surface area contributed by atoms with Crippen LogP contribution in [0.1, 0.15) is 10.4 Å². The molecule has 0 fully saturated rings. The SMILES string of the molecule is Clc1ccc2ncccc2c1Br.O=C(O)c1c(Cl)ccc2ncccc12. The van der Waals surface area contributed by atoms with Gasteiger partial charge in [0.05, 0.1) is 26.6 Å². The Bertz CT molecular complexity index is 1120. The number of carboxylic acid groups (broad SMARTS) is 1. The number of halogens is 3. The Hall–Kier alpha value is -2.21. The van der Waals surface area contributed by atoms with Gasteiger partial charge in [-0.1, -0.05) is 35.3 Å². The third-order valence-corrected chi connectivity index (χ3v) is 5.33. The van der Waals surface area contributed by atoms with E-state index in [1.807, 2.05) is 24.3 Å². The molecule has 1 N–H and O–H groups in total. The zero-order valence-electron chi connectivity index (χ0n) is 13.2. The van der Waals surface area contributed by atoms with Crippen LogP contribution >= 0.6 is 39.1 Å². The Kier molecular flexibility index (Phi) is 5.71. The summed E-state index contributed by atoms with van der Waals surface area (Å²) in [5.41, 5.74) is 1.69. The highest BCUT2D eigenvalue weighted by Gasteiger charge is 2.12. The van der Waals surface area contributed by atoms with Crippen LogP contribution in [-0.4, -0.2) is 21.0 Å². The highest BCUT2D eigenvalue weighted by molar-refractivity contribution is 9.10. The summed E-state index contributed by atoms with van der Waals surface area (Å²) in [6.07, 6.45) is 3.38. The van der Waals surface area contributed by atoms with E-state index >= 15 is 0 Å². The second-order valence-corrected chi connectivity index (χ2v) is 6.84. The molecule has 0 saturated heterocycles. The molecule has 0 aliphatic rings. The van der Waals surface area contributed by atoms with Gasteiger partial charge in [0.15, 0.2) is 0 Å². The summed E-state index contributed by atoms with van der Waals surface area (Å²) in [5, 5.41) is 11.5. The molecule has 4 nitrogen and oxygen atoms in total. The van der Waals surface area contributed by atoms with E-state index < -0.39 is 5.97 Å². The Morgan fingerprint density at radius 1 is 0.846 bits per heavy atom. The summed E-state index contributed by atoms with van der Waals surface area (Å²) in [6, 6.07) is 14.2. The standard InChI is InChI=1S/C10H6ClNO2.C9H5BrClN/c11-7-3-4-8-6(2-1-5-12-8)9(7)10(13)14;10-9-6-2-1-5-12-8(6)4-3-7(9)11/h1-5H,(H,13,14);1-5H. The molecule has 0 spiro atoms. The van der Waals surface area contributed by atoms with Crippen LogP contribution in [-0.2, 0) is 0 Å². The van der Waals surface area contributed by atoms with E-state index in [1.54, 1.807) is 36.7 Å². The lowest BCUT2D eigenvalue weighted by Crippen LogP contribution is -1.99. The molecule has 0 radical (unpaired) electrons. The number of nitrogens with zero attached hydrogens (tertiary/aromatic N) is 2. The van der Waals surface area contributed by atoms with Gasteiger partial charge in [-0.15, -0.1) is 0 Å². The number of hydrogen-bond donors (Lipinski definition) is 1. The summed E-state index contributed by atoms with van der Waals surface area (Å²) in [4.78, 5) is 19.2. The number of aromatic carboxylic acids is 1. The minimum absolute atomic E-state index is 0.109. The zero-order chi connectivity index (χ0) is 18.7. The number of benzene rings is 2. The fraction of sp³-hybridized carbons (Fsp3) is 0. The number of pyridine rings is 2. The van der Waals surface area contributed by atoms with Gasteiger partial charge in [0, 0.05) is 27.6 Å². The van der Waals surface area contributed by atoms with E-state index in [0.29, 0.717) is 10.9 Å². The maximum atomic E-state index is 10.9. The Morgan fingerprint density at radius 2 is 1.38 bits per heavy atom. The van der Waals surface area contributed by atoms with Crippen molar-refractivity contribution in [2.45, 2.75) is 0 Å². The van der Waals surface area contributed by atoms with Crippen LogP contribution in [0.4, 0.5) is 0 Å². The number of carboxylic acids is 1. The summed E-state index contributed by atoms with van der Waals surface area (Å²) >= 11 is 15.1. The largest absolute Gasteiger partial charge is 0.478 e. The van der Waals surface area contributed by atoms with Gasteiger partial charge in [-0.2, -0.15) is 0 Å². The van der Waals surface area contributed by atoms with Crippen LogP contribution in [0.3, 0.4) is 0 Å². The van der Waals surface area contributed by atoms with E-state index in [1.165, 1.54) is 0 Å². The van der Waals surface area contributed by atoms with Crippen LogP contribution in [0.5, 0.6) is 0 Å². The first-order valence-electron chi connectivity index (χ1n) is 7.44. The monoisotopic (exact) mass is 448 g/mol. The third kappa shape index (κ3) is 3.80. The molecule has 0 atom stereocenters. The van der Waals surface area contributed by atoms with Crippen LogP contribution in [0, 0.1) is 0 Å². The first-order chi connectivity index (χ1) is 12.5. The predicted octanol–water partition coefficient (Wildman–Crippen LogP) is 6.24. The smallest absolute Gasteiger partial charge is 0.337 e. The quantitative estimate of drug-likeness (QED) is 0.373. The molecule has 0 saturated carbocycles. The first-order valence-corrected chi connectivity index (χ1v) is 8.99. The molecule has 0 unspecified atom stereocenters. The highest BCUT2D eigenvalue weighted by atomic mass is 79.9. The number of hydrogen-bond acceptors (Lipinski definition) is 3. The molecule has 26 heavy (non-hydrogen) atoms. The molecular weight excluding hydrogens is 439 g/mol. The fourth-order valence-corrected chi connectivity index (χ4v) is 3.31. The third-order valence-electron chi connectivity index (χ3n) is 3.62. The predicted molar refractivity (Wildman–Crippen MR) is 108 cm³/mol. The molecule has 0 amide bonds. The van der Waals surface area contributed by atoms with Crippen molar-refractivity contribution in [3.63, 3.8) is 0 Å². The number of carbonyl (C=O) groups is 1. The summed E-state index contributed by atoms with van der Waals surface area (Å²) in [7, 11) is 0. The normalized spacial score (nSPS) is 10.4. The zero-order valence-corrected chi connectivity index (χ0v) is 16.3. The Balaban J connectivity index is 0.000000152. The van der Waals surface area contributed by atoms with Crippen molar-refractivity contribution >= 4 is 66.9 Å². The molecule has 4 aromatic rings. The maximum Gasteiger partial charge on any atom is 0.337 e. The molecule has 0 aliphatic heterocycles. The van der Waals surface area contributed by atoms with Crippen molar-refractivity contribution in [3.05, 3.63) is 81.0 Å². The van der Waals surface area contributed by atoms with E-state index in [0.717, 1.165) is 20.4 Å². The summed E-state index contributed by atoms with van der Waals surface area (Å²) in [5.74, 6) is -1.03. The van der Waals surface area contributed by atoms with Crippen molar-refractivity contribution in [1.82, 2.24) is 9.97 Å². The molecule has 4 rings (SSSR count). The minimum atomic E-state index is -1.03. The van der Waals surface area contributed by atoms with Crippen molar-refractivity contribution in [3.8, 4) is 0 Å². The number of aromatic nitrogens is 2. The average molecular weight is 450 g/mol. The van der Waals surface area contributed by atoms with Gasteiger partial charge >= 0.3 is 5.97 Å². The lowest BCUT2D eigenvalue weighted by atomic mass is 10.1. The Labute approximate surface area is 167 Å². The van der Waals surface area contributed by atoms with Gasteiger partial charge < -0.3 is 5.11 Å². The first kappa shape index (κ1) is 18.6. The van der Waals surface area contributed by atoms with Gasteiger partial charge in [0.1, 0.15) is 0 Å². The average Bonchev–Trinajstić information content (AvgIpc) is 2.65. The number of fused-ring (bicyclic) bond motifs is 2. The van der Waals surface area contributed by atoms with E-state index in [-0.39, 0.29) is 10.6 Å². The minimum Gasteiger partial charge on any atom is -0.478 e. The lowest BCUT2D eigenvalue weighted by Gasteiger charge is -2.02. The van der Waals surface area contributed by atoms with E-state index in [2.05, 4.69) is 25.9 Å². The van der Waals surface area contributed by atoms with E-state index in [9.17, 15) is 4.79 Å². The fourth-order valence-electron chi connectivity index (χ4n) is 2.43. The maximum absolute atomic E-state index is 10.9. The van der Waals surface area contributed by atoms with Crippen LogP contribution in [0.2, 0.25) is 10.0 Å². The molecule has 0 bridgehead atoms. The number of rotatable bonds is 1. The molecule has 2 heterocycles. The van der Waals surface area contributed by atoms with Crippen LogP contribution in [0.15, 0.2) is 65.4 Å². The molecule has 130 valence electrons. The van der Waals surface area contributed by atoms with Crippen molar-refractivity contribution in [1.29, 1.82) is 0 Å². The van der Waals surface area contributed by atoms with Crippen molar-refractivity contribution in [2.24, 2.45) is 0 Å². The molecule has 2 aromatic heterocycles. The van der Waals surface area contributed by atoms with Crippen molar-refractivity contribution in [2.75, 3.05) is 0 Å². The van der Waals surface area contributed by atoms with Gasteiger partial charge in [-0.25, -0.2) is 4.79 Å². The lowest BCUT2D eigenvalue weighted by molar-refractivity contribution is 0.0699. The Morgan fingerprint density at radius 3 is 2.00 bits per heavy atom. The molecule has 2 aromatic carbocycles. The summed E-state index contributed by atoms with van der Waals surface area (Å²) < 4.78 is 0.912. The van der Waals surface area contributed by atoms with Gasteiger partial charge in [-0.05, 0) is 52.3 Å². The topological polar surface area (TPSA) is 63.1 Å². The van der Waals surface area contributed by atoms with Crippen molar-refractivity contribution < 1.29 is 9.90 Å². The molecular formula is C19H11BrCl2N2O2. The van der Waals surface area contributed by atoms with Crippen LogP contribution in [0.25, 0.3) is 21.8 Å². The van der Waals surface area contributed by atoms with E-state index in [4.69, 9.17) is 28.3 Å². The second-order valence-electron chi connectivity index (χ2n) is 5.23. The molecule has 0 aliphatic carbocycles. The highest BCUT2D eigenvalue weighted by Crippen LogP contribution is 2.29. The van der Waals surface area contributed by atoms with Gasteiger partial charge in [0.25, 0.3) is 0 Å². The molecule has 7 heteroatoms. The van der Waals surface area contributed by atoms with Gasteiger partial charge in [-0.3, -0.25) is 9.97 Å².